The van der Waals surface area contributed by atoms with E-state index in [9.17, 15) is 0 Å². The summed E-state index contributed by atoms with van der Waals surface area (Å²) >= 11 is 0. The van der Waals surface area contributed by atoms with Crippen molar-refractivity contribution >= 4 is 0 Å². The van der Waals surface area contributed by atoms with Gasteiger partial charge in [-0.25, -0.2) is 4.89 Å². The van der Waals surface area contributed by atoms with Crippen LogP contribution in [-0.4, -0.2) is 19.7 Å². The minimum Gasteiger partial charge on any atom is -0.371 e. The molecule has 0 aromatic heterocycles. The van der Waals surface area contributed by atoms with Crippen molar-refractivity contribution < 1.29 is 19.2 Å². The first kappa shape index (κ1) is 9.61. The third kappa shape index (κ3) is 2.78. The first-order chi connectivity index (χ1) is 6.95. The fraction of sp³-hybridized carbons (Fsp3) is 0.400. The van der Waals surface area contributed by atoms with E-state index < -0.39 is 6.29 Å². The third-order valence-electron chi connectivity index (χ3n) is 1.84. The largest absolute Gasteiger partial charge is 0.371 e. The summed E-state index contributed by atoms with van der Waals surface area (Å²) in [5.41, 5.74) is 1.13. The molecule has 1 aromatic carbocycles. The number of hydrogen-bond donors (Lipinski definition) is 0. The van der Waals surface area contributed by atoms with Crippen molar-refractivity contribution in [3.63, 3.8) is 0 Å². The molecule has 0 amide bonds. The normalized spacial score (nSPS) is 21.3. The van der Waals surface area contributed by atoms with Gasteiger partial charge in [0.1, 0.15) is 6.61 Å². The van der Waals surface area contributed by atoms with Crippen LogP contribution in [0.15, 0.2) is 30.3 Å². The molecule has 2 rings (SSSR count). The Morgan fingerprint density at radius 2 is 2.14 bits per heavy atom. The van der Waals surface area contributed by atoms with Gasteiger partial charge in [-0.3, -0.25) is 0 Å². The summed E-state index contributed by atoms with van der Waals surface area (Å²) in [5, 5.41) is 0. The lowest BCUT2D eigenvalue weighted by Crippen LogP contribution is -2.15. The van der Waals surface area contributed by atoms with Crippen LogP contribution in [0, 0.1) is 0 Å². The van der Waals surface area contributed by atoms with E-state index in [1.165, 1.54) is 0 Å². The summed E-state index contributed by atoms with van der Waals surface area (Å²) in [5.74, 6) is 0. The van der Waals surface area contributed by atoms with Gasteiger partial charge in [0.2, 0.25) is 6.29 Å². The Kier molecular flexibility index (Phi) is 3.48. The van der Waals surface area contributed by atoms with Crippen molar-refractivity contribution in [3.8, 4) is 0 Å². The number of ether oxygens (including phenoxy) is 2. The van der Waals surface area contributed by atoms with E-state index in [1.807, 2.05) is 30.3 Å². The molecule has 1 aromatic rings. The second-order valence-electron chi connectivity index (χ2n) is 2.93. The van der Waals surface area contributed by atoms with Gasteiger partial charge in [0.25, 0.3) is 0 Å². The molecule has 0 bridgehead atoms. The summed E-state index contributed by atoms with van der Waals surface area (Å²) in [6.45, 7) is 1.12. The predicted octanol–water partition coefficient (Wildman–Crippen LogP) is 1.47. The van der Waals surface area contributed by atoms with Gasteiger partial charge in [-0.1, -0.05) is 30.3 Å². The van der Waals surface area contributed by atoms with Crippen molar-refractivity contribution in [1.29, 1.82) is 0 Å². The molecule has 1 aliphatic rings. The Morgan fingerprint density at radius 1 is 1.29 bits per heavy atom. The Morgan fingerprint density at radius 3 is 2.86 bits per heavy atom. The van der Waals surface area contributed by atoms with Gasteiger partial charge in [0.05, 0.1) is 6.61 Å². The maximum Gasteiger partial charge on any atom is 0.217 e. The molecule has 0 spiro atoms. The molecule has 1 atom stereocenters. The third-order valence-corrected chi connectivity index (χ3v) is 1.84. The molecular weight excluding hydrogens is 184 g/mol. The van der Waals surface area contributed by atoms with Gasteiger partial charge in [-0.2, -0.15) is 4.89 Å². The highest BCUT2D eigenvalue weighted by Gasteiger charge is 2.17. The van der Waals surface area contributed by atoms with E-state index >= 15 is 0 Å². The van der Waals surface area contributed by atoms with Crippen molar-refractivity contribution in [3.05, 3.63) is 35.9 Å². The smallest absolute Gasteiger partial charge is 0.217 e. The zero-order chi connectivity index (χ0) is 9.64. The highest BCUT2D eigenvalue weighted by Crippen LogP contribution is 2.07. The van der Waals surface area contributed by atoms with Gasteiger partial charge < -0.3 is 9.47 Å². The van der Waals surface area contributed by atoms with Gasteiger partial charge in [-0.15, -0.1) is 0 Å². The molecule has 1 unspecified atom stereocenters. The summed E-state index contributed by atoms with van der Waals surface area (Å²) in [6.07, 6.45) is -0.390. The van der Waals surface area contributed by atoms with Crippen LogP contribution in [0.2, 0.25) is 0 Å². The molecule has 0 aliphatic carbocycles. The van der Waals surface area contributed by atoms with Crippen LogP contribution >= 0.6 is 0 Å². The standard InChI is InChI=1S/C10H12O4/c1-2-4-9(5-3-1)6-11-7-10-12-8-13-14-10/h1-5,10H,6-8H2. The van der Waals surface area contributed by atoms with E-state index in [4.69, 9.17) is 14.4 Å². The van der Waals surface area contributed by atoms with Crippen LogP contribution < -0.4 is 0 Å². The lowest BCUT2D eigenvalue weighted by Gasteiger charge is -2.07. The van der Waals surface area contributed by atoms with Crippen LogP contribution in [0.4, 0.5) is 0 Å². The zero-order valence-corrected chi connectivity index (χ0v) is 7.72. The molecule has 4 nitrogen and oxygen atoms in total. The Hall–Kier alpha value is -0.940. The molecule has 1 heterocycles. The maximum absolute atomic E-state index is 5.37. The first-order valence-electron chi connectivity index (χ1n) is 4.47. The van der Waals surface area contributed by atoms with Crippen LogP contribution in [0.25, 0.3) is 0 Å². The summed E-state index contributed by atoms with van der Waals surface area (Å²) in [7, 11) is 0. The van der Waals surface area contributed by atoms with Gasteiger partial charge in [-0.05, 0) is 5.56 Å². The molecule has 4 heteroatoms. The van der Waals surface area contributed by atoms with Crippen molar-refractivity contribution in [2.45, 2.75) is 12.9 Å². The monoisotopic (exact) mass is 196 g/mol. The highest BCUT2D eigenvalue weighted by atomic mass is 17.3. The topological polar surface area (TPSA) is 36.9 Å². The maximum atomic E-state index is 5.37. The summed E-state index contributed by atoms with van der Waals surface area (Å²) < 4.78 is 10.4. The Balaban J connectivity index is 1.67. The van der Waals surface area contributed by atoms with E-state index in [2.05, 4.69) is 4.89 Å². The number of hydrogen-bond acceptors (Lipinski definition) is 4. The van der Waals surface area contributed by atoms with E-state index in [0.717, 1.165) is 5.56 Å². The van der Waals surface area contributed by atoms with E-state index in [-0.39, 0.29) is 6.79 Å². The summed E-state index contributed by atoms with van der Waals surface area (Å²) in [6, 6.07) is 9.94. The molecule has 0 radical (unpaired) electrons. The fourth-order valence-corrected chi connectivity index (χ4v) is 1.16. The van der Waals surface area contributed by atoms with E-state index in [0.29, 0.717) is 13.2 Å². The van der Waals surface area contributed by atoms with Gasteiger partial charge >= 0.3 is 0 Å². The average molecular weight is 196 g/mol. The highest BCUT2D eigenvalue weighted by molar-refractivity contribution is 5.13. The van der Waals surface area contributed by atoms with Crippen molar-refractivity contribution in [2.75, 3.05) is 13.4 Å². The second-order valence-corrected chi connectivity index (χ2v) is 2.93. The fourth-order valence-electron chi connectivity index (χ4n) is 1.16. The number of rotatable bonds is 4. The number of benzene rings is 1. The lowest BCUT2D eigenvalue weighted by molar-refractivity contribution is -0.284. The van der Waals surface area contributed by atoms with Gasteiger partial charge in [0, 0.05) is 0 Å². The predicted molar refractivity (Wildman–Crippen MR) is 48.0 cm³/mol. The zero-order valence-electron chi connectivity index (χ0n) is 7.72. The Bertz CT molecular complexity index is 256. The molecule has 0 N–H and O–H groups in total. The molecule has 1 aliphatic heterocycles. The quantitative estimate of drug-likeness (QED) is 0.683. The molecule has 76 valence electrons. The minimum atomic E-state index is -0.390. The molecule has 1 saturated heterocycles. The molecular formula is C10H12O4. The van der Waals surface area contributed by atoms with Crippen LogP contribution in [0.3, 0.4) is 0 Å². The average Bonchev–Trinajstić information content (AvgIpc) is 2.72. The summed E-state index contributed by atoms with van der Waals surface area (Å²) in [4.78, 5) is 9.30. The van der Waals surface area contributed by atoms with Crippen molar-refractivity contribution in [1.82, 2.24) is 0 Å². The van der Waals surface area contributed by atoms with Crippen LogP contribution in [0.5, 0.6) is 0 Å². The first-order valence-corrected chi connectivity index (χ1v) is 4.47. The van der Waals surface area contributed by atoms with Crippen LogP contribution in [-0.2, 0) is 25.9 Å². The van der Waals surface area contributed by atoms with Crippen LogP contribution in [0.1, 0.15) is 5.56 Å². The molecule has 1 fully saturated rings. The Labute approximate surface area is 82.3 Å². The minimum absolute atomic E-state index is 0.180. The molecule has 14 heavy (non-hydrogen) atoms. The van der Waals surface area contributed by atoms with Crippen molar-refractivity contribution in [2.24, 2.45) is 0 Å². The van der Waals surface area contributed by atoms with Gasteiger partial charge in [0.15, 0.2) is 6.79 Å². The van der Waals surface area contributed by atoms with E-state index in [1.54, 1.807) is 0 Å². The SMILES string of the molecule is c1ccc(COCC2OCOO2)cc1. The second kappa shape index (κ2) is 5.07. The lowest BCUT2D eigenvalue weighted by atomic mass is 10.2. The molecule has 0 saturated carbocycles.